The molecule has 0 saturated carbocycles. The first kappa shape index (κ1) is 15.5. The van der Waals surface area contributed by atoms with Crippen molar-refractivity contribution in [2.45, 2.75) is 18.9 Å². The molecule has 0 radical (unpaired) electrons. The van der Waals surface area contributed by atoms with Gasteiger partial charge in [-0.05, 0) is 18.4 Å². The molecule has 0 bridgehead atoms. The molecule has 1 aliphatic rings. The number of aliphatic hydroxyl groups is 1. The largest absolute Gasteiger partial charge is 0.396 e. The van der Waals surface area contributed by atoms with Gasteiger partial charge in [0.25, 0.3) is 5.91 Å². The van der Waals surface area contributed by atoms with E-state index in [-0.39, 0.29) is 18.6 Å². The van der Waals surface area contributed by atoms with E-state index in [4.69, 9.17) is 0 Å². The monoisotopic (exact) mass is 311 g/mol. The number of rotatable bonds is 5. The van der Waals surface area contributed by atoms with Crippen molar-refractivity contribution in [3.05, 3.63) is 66.3 Å². The zero-order valence-corrected chi connectivity index (χ0v) is 13.1. The number of hydrogen-bond acceptors (Lipinski definition) is 3. The molecule has 5 nitrogen and oxygen atoms in total. The van der Waals surface area contributed by atoms with Crippen LogP contribution >= 0.6 is 0 Å². The second-order valence-corrected chi connectivity index (χ2v) is 6.11. The fourth-order valence-corrected chi connectivity index (χ4v) is 3.19. The Kier molecular flexibility index (Phi) is 4.30. The Morgan fingerprint density at radius 2 is 2.04 bits per heavy atom. The van der Waals surface area contributed by atoms with Crippen LogP contribution in [0.15, 0.2) is 55.0 Å². The Morgan fingerprint density at radius 1 is 1.35 bits per heavy atom. The molecule has 1 aromatic carbocycles. The Bertz CT molecular complexity index is 698. The van der Waals surface area contributed by atoms with Gasteiger partial charge in [-0.2, -0.15) is 0 Å². The van der Waals surface area contributed by atoms with Gasteiger partial charge >= 0.3 is 0 Å². The molecular weight excluding hydrogens is 290 g/mol. The highest BCUT2D eigenvalue weighted by Crippen LogP contribution is 2.44. The summed E-state index contributed by atoms with van der Waals surface area (Å²) in [4.78, 5) is 16.6. The van der Waals surface area contributed by atoms with Gasteiger partial charge in [0.05, 0.1) is 25.2 Å². The fourth-order valence-electron chi connectivity index (χ4n) is 3.19. The predicted octanol–water partition coefficient (Wildman–Crippen LogP) is 2.22. The Labute approximate surface area is 135 Å². The molecule has 2 N–H and O–H groups in total. The number of nitrogens with one attached hydrogen (secondary N) is 1. The lowest BCUT2D eigenvalue weighted by atomic mass is 9.75. The minimum absolute atomic E-state index is 0.0191. The molecule has 0 spiro atoms. The highest BCUT2D eigenvalue weighted by atomic mass is 16.3. The van der Waals surface area contributed by atoms with Crippen molar-refractivity contribution in [3.63, 3.8) is 0 Å². The number of aryl methyl sites for hydroxylation is 1. The molecule has 120 valence electrons. The minimum atomic E-state index is -0.393. The minimum Gasteiger partial charge on any atom is -0.396 e. The van der Waals surface area contributed by atoms with E-state index in [1.54, 1.807) is 24.1 Å². The van der Waals surface area contributed by atoms with E-state index in [2.05, 4.69) is 22.5 Å². The van der Waals surface area contributed by atoms with Crippen molar-refractivity contribution in [3.8, 4) is 0 Å². The lowest BCUT2D eigenvalue weighted by Gasteiger charge is -2.37. The molecule has 23 heavy (non-hydrogen) atoms. The van der Waals surface area contributed by atoms with Gasteiger partial charge in [-0.1, -0.05) is 42.5 Å². The third-order valence-corrected chi connectivity index (χ3v) is 4.60. The zero-order chi connectivity index (χ0) is 16.3. The van der Waals surface area contributed by atoms with E-state index in [0.29, 0.717) is 5.69 Å². The van der Waals surface area contributed by atoms with Gasteiger partial charge in [0.2, 0.25) is 0 Å². The molecule has 1 unspecified atom stereocenters. The maximum absolute atomic E-state index is 12.7. The third-order valence-electron chi connectivity index (χ3n) is 4.60. The van der Waals surface area contributed by atoms with E-state index in [1.165, 1.54) is 0 Å². The zero-order valence-electron chi connectivity index (χ0n) is 13.1. The number of amides is 1. The van der Waals surface area contributed by atoms with Gasteiger partial charge in [0, 0.05) is 12.5 Å². The van der Waals surface area contributed by atoms with E-state index in [0.717, 1.165) is 18.4 Å². The lowest BCUT2D eigenvalue weighted by molar-refractivity contribution is 0.0720. The number of hydrogen-bond donors (Lipinski definition) is 2. The second-order valence-electron chi connectivity index (χ2n) is 6.11. The summed E-state index contributed by atoms with van der Waals surface area (Å²) in [7, 11) is 1.79. The first-order valence-corrected chi connectivity index (χ1v) is 7.74. The van der Waals surface area contributed by atoms with Crippen LogP contribution in [0.1, 0.15) is 34.9 Å². The number of aromatic nitrogens is 2. The average Bonchev–Trinajstić information content (AvgIpc) is 3.23. The number of nitrogens with zero attached hydrogens (tertiary/aromatic N) is 2. The normalized spacial score (nSPS) is 17.1. The lowest BCUT2D eigenvalue weighted by Crippen LogP contribution is -2.42. The molecule has 0 saturated heterocycles. The SMILES string of the molecule is Cn1cncc1C(=O)NC(c1ccccc1)C1(CO)CC=CC1. The highest BCUT2D eigenvalue weighted by molar-refractivity contribution is 5.92. The number of carbonyl (C=O) groups excluding carboxylic acids is 1. The van der Waals surface area contributed by atoms with Crippen molar-refractivity contribution in [2.75, 3.05) is 6.61 Å². The van der Waals surface area contributed by atoms with Crippen LogP contribution in [0.2, 0.25) is 0 Å². The van der Waals surface area contributed by atoms with E-state index < -0.39 is 5.41 Å². The Morgan fingerprint density at radius 3 is 2.61 bits per heavy atom. The van der Waals surface area contributed by atoms with Crippen molar-refractivity contribution in [1.82, 2.24) is 14.9 Å². The molecule has 1 amide bonds. The topological polar surface area (TPSA) is 67.2 Å². The number of benzene rings is 1. The van der Waals surface area contributed by atoms with Crippen LogP contribution < -0.4 is 5.32 Å². The van der Waals surface area contributed by atoms with Gasteiger partial charge in [-0.15, -0.1) is 0 Å². The van der Waals surface area contributed by atoms with Crippen molar-refractivity contribution in [1.29, 1.82) is 0 Å². The predicted molar refractivity (Wildman–Crippen MR) is 87.8 cm³/mol. The summed E-state index contributed by atoms with van der Waals surface area (Å²) in [5.41, 5.74) is 1.11. The average molecular weight is 311 g/mol. The Hall–Kier alpha value is -2.40. The van der Waals surface area contributed by atoms with E-state index in [9.17, 15) is 9.90 Å². The van der Waals surface area contributed by atoms with Crippen LogP contribution in [-0.2, 0) is 7.05 Å². The fraction of sp³-hybridized carbons (Fsp3) is 0.333. The highest BCUT2D eigenvalue weighted by Gasteiger charge is 2.40. The third kappa shape index (κ3) is 2.92. The maximum Gasteiger partial charge on any atom is 0.270 e. The summed E-state index contributed by atoms with van der Waals surface area (Å²) < 4.78 is 1.69. The van der Waals surface area contributed by atoms with Gasteiger partial charge in [0.15, 0.2) is 0 Å². The van der Waals surface area contributed by atoms with Crippen molar-refractivity contribution < 1.29 is 9.90 Å². The number of carbonyl (C=O) groups is 1. The van der Waals surface area contributed by atoms with Gasteiger partial charge in [-0.3, -0.25) is 4.79 Å². The van der Waals surface area contributed by atoms with Crippen molar-refractivity contribution >= 4 is 5.91 Å². The van der Waals surface area contributed by atoms with Crippen LogP contribution in [0.3, 0.4) is 0 Å². The number of aliphatic hydroxyl groups excluding tert-OH is 1. The molecule has 0 fully saturated rings. The van der Waals surface area contributed by atoms with E-state index >= 15 is 0 Å². The van der Waals surface area contributed by atoms with Gasteiger partial charge in [-0.25, -0.2) is 4.98 Å². The molecule has 0 aliphatic heterocycles. The summed E-state index contributed by atoms with van der Waals surface area (Å²) in [6, 6.07) is 9.57. The second kappa shape index (κ2) is 6.38. The van der Waals surface area contributed by atoms with Gasteiger partial charge in [0.1, 0.15) is 5.69 Å². The standard InChI is InChI=1S/C18H21N3O2/c1-21-13-19-11-15(21)17(23)20-16(14-7-3-2-4-8-14)18(12-22)9-5-6-10-18/h2-8,11,13,16,22H,9-10,12H2,1H3,(H,20,23). The molecule has 3 rings (SSSR count). The number of allylic oxidation sites excluding steroid dienone is 2. The quantitative estimate of drug-likeness (QED) is 0.832. The van der Waals surface area contributed by atoms with Crippen LogP contribution in [0.25, 0.3) is 0 Å². The summed E-state index contributed by atoms with van der Waals surface area (Å²) in [5.74, 6) is -0.182. The van der Waals surface area contributed by atoms with Crippen LogP contribution in [-0.4, -0.2) is 27.2 Å². The van der Waals surface area contributed by atoms with Gasteiger partial charge < -0.3 is 15.0 Å². The summed E-state index contributed by atoms with van der Waals surface area (Å²) in [6.07, 6.45) is 8.79. The molecular formula is C18H21N3O2. The molecule has 1 aromatic heterocycles. The molecule has 1 aliphatic carbocycles. The molecule has 1 heterocycles. The number of imidazole rings is 1. The molecule has 1 atom stereocenters. The van der Waals surface area contributed by atoms with Crippen molar-refractivity contribution in [2.24, 2.45) is 12.5 Å². The summed E-state index contributed by atoms with van der Waals surface area (Å²) in [5, 5.41) is 13.1. The van der Waals surface area contributed by atoms with E-state index in [1.807, 2.05) is 30.3 Å². The summed E-state index contributed by atoms with van der Waals surface area (Å²) >= 11 is 0. The summed E-state index contributed by atoms with van der Waals surface area (Å²) in [6.45, 7) is 0.0191. The maximum atomic E-state index is 12.7. The first-order valence-electron chi connectivity index (χ1n) is 7.74. The van der Waals surface area contributed by atoms with Crippen LogP contribution in [0, 0.1) is 5.41 Å². The van der Waals surface area contributed by atoms with Crippen LogP contribution in [0.4, 0.5) is 0 Å². The smallest absolute Gasteiger partial charge is 0.270 e. The molecule has 2 aromatic rings. The molecule has 5 heteroatoms. The Balaban J connectivity index is 1.93. The first-order chi connectivity index (χ1) is 11.2. The van der Waals surface area contributed by atoms with Crippen LogP contribution in [0.5, 0.6) is 0 Å².